The van der Waals surface area contributed by atoms with Crippen molar-refractivity contribution in [2.45, 2.75) is 39.7 Å². The van der Waals surface area contributed by atoms with Gasteiger partial charge in [0.2, 0.25) is 0 Å². The highest BCUT2D eigenvalue weighted by atomic mass is 16.4. The first kappa shape index (κ1) is 12.5. The first-order valence-electron chi connectivity index (χ1n) is 6.14. The Balaban J connectivity index is 2.70. The highest BCUT2D eigenvalue weighted by Gasteiger charge is 2.23. The topological polar surface area (TPSA) is 68.0 Å². The van der Waals surface area contributed by atoms with Gasteiger partial charge in [-0.3, -0.25) is 4.57 Å². The van der Waals surface area contributed by atoms with E-state index in [0.29, 0.717) is 18.5 Å². The third kappa shape index (κ3) is 1.96. The lowest BCUT2D eigenvalue weighted by Crippen LogP contribution is -2.20. The molecule has 1 atom stereocenters. The van der Waals surface area contributed by atoms with Gasteiger partial charge < -0.3 is 5.11 Å². The van der Waals surface area contributed by atoms with Crippen LogP contribution in [0.15, 0.2) is 12.3 Å². The number of carboxylic acids is 1. The van der Waals surface area contributed by atoms with Crippen LogP contribution >= 0.6 is 0 Å². The summed E-state index contributed by atoms with van der Waals surface area (Å²) in [4.78, 5) is 20.1. The second-order valence-electron chi connectivity index (χ2n) is 4.37. The molecular weight excluding hydrogens is 230 g/mol. The Labute approximate surface area is 105 Å². The van der Waals surface area contributed by atoms with E-state index in [-0.39, 0.29) is 0 Å². The SMILES string of the molecule is CCc1nc2cc(C)cnc2n1C(CC)C(=O)O. The number of aliphatic carboxylic acids is 1. The van der Waals surface area contributed by atoms with Crippen LogP contribution in [0.5, 0.6) is 0 Å². The molecule has 0 saturated heterocycles. The molecule has 0 fully saturated rings. The second kappa shape index (κ2) is 4.76. The molecule has 2 rings (SSSR count). The zero-order chi connectivity index (χ0) is 13.3. The van der Waals surface area contributed by atoms with E-state index in [0.717, 1.165) is 16.9 Å². The van der Waals surface area contributed by atoms with Crippen molar-refractivity contribution in [2.75, 3.05) is 0 Å². The summed E-state index contributed by atoms with van der Waals surface area (Å²) >= 11 is 0. The van der Waals surface area contributed by atoms with Gasteiger partial charge in [0.1, 0.15) is 17.4 Å². The monoisotopic (exact) mass is 247 g/mol. The Morgan fingerprint density at radius 3 is 2.78 bits per heavy atom. The normalized spacial score (nSPS) is 12.8. The Morgan fingerprint density at radius 2 is 2.22 bits per heavy atom. The lowest BCUT2D eigenvalue weighted by atomic mass is 10.2. The summed E-state index contributed by atoms with van der Waals surface area (Å²) in [6.45, 7) is 5.78. The van der Waals surface area contributed by atoms with Gasteiger partial charge in [0, 0.05) is 12.6 Å². The second-order valence-corrected chi connectivity index (χ2v) is 4.37. The third-order valence-corrected chi connectivity index (χ3v) is 3.04. The molecular formula is C13H17N3O2. The quantitative estimate of drug-likeness (QED) is 0.900. The van der Waals surface area contributed by atoms with E-state index in [1.807, 2.05) is 26.8 Å². The molecule has 5 nitrogen and oxygen atoms in total. The Morgan fingerprint density at radius 1 is 1.50 bits per heavy atom. The van der Waals surface area contributed by atoms with Gasteiger partial charge in [0.25, 0.3) is 0 Å². The molecule has 1 unspecified atom stereocenters. The summed E-state index contributed by atoms with van der Waals surface area (Å²) in [7, 11) is 0. The highest BCUT2D eigenvalue weighted by Crippen LogP contribution is 2.23. The van der Waals surface area contributed by atoms with Crippen molar-refractivity contribution in [1.29, 1.82) is 0 Å². The van der Waals surface area contributed by atoms with Gasteiger partial charge in [-0.2, -0.15) is 0 Å². The molecule has 0 radical (unpaired) electrons. The summed E-state index contributed by atoms with van der Waals surface area (Å²) in [5.41, 5.74) is 2.46. The van der Waals surface area contributed by atoms with Gasteiger partial charge in [0.15, 0.2) is 5.65 Å². The molecule has 1 N–H and O–H groups in total. The molecule has 5 heteroatoms. The number of rotatable bonds is 4. The number of carbonyl (C=O) groups is 1. The number of imidazole rings is 1. The fourth-order valence-electron chi connectivity index (χ4n) is 2.17. The number of carboxylic acid groups (broad SMARTS) is 1. The lowest BCUT2D eigenvalue weighted by Gasteiger charge is -2.14. The molecule has 18 heavy (non-hydrogen) atoms. The molecule has 0 amide bonds. The molecule has 2 aromatic rings. The van der Waals surface area contributed by atoms with Crippen LogP contribution in [0.2, 0.25) is 0 Å². The predicted octanol–water partition coefficient (Wildman–Crippen LogP) is 2.34. The van der Waals surface area contributed by atoms with E-state index < -0.39 is 12.0 Å². The first-order chi connectivity index (χ1) is 8.58. The molecule has 0 bridgehead atoms. The fourth-order valence-corrected chi connectivity index (χ4v) is 2.17. The average Bonchev–Trinajstić information content (AvgIpc) is 2.67. The maximum absolute atomic E-state index is 11.3. The van der Waals surface area contributed by atoms with E-state index in [1.54, 1.807) is 10.8 Å². The van der Waals surface area contributed by atoms with Crippen molar-refractivity contribution in [3.8, 4) is 0 Å². The van der Waals surface area contributed by atoms with Gasteiger partial charge in [-0.1, -0.05) is 13.8 Å². The minimum absolute atomic E-state index is 0.517. The van der Waals surface area contributed by atoms with Crippen molar-refractivity contribution < 1.29 is 9.90 Å². The van der Waals surface area contributed by atoms with Gasteiger partial charge in [0.05, 0.1) is 0 Å². The van der Waals surface area contributed by atoms with Crippen molar-refractivity contribution in [3.05, 3.63) is 23.7 Å². The third-order valence-electron chi connectivity index (χ3n) is 3.04. The minimum Gasteiger partial charge on any atom is -0.480 e. The van der Waals surface area contributed by atoms with Crippen molar-refractivity contribution >= 4 is 17.1 Å². The molecule has 0 spiro atoms. The highest BCUT2D eigenvalue weighted by molar-refractivity contribution is 5.78. The van der Waals surface area contributed by atoms with Crippen molar-refractivity contribution in [1.82, 2.24) is 14.5 Å². The number of hydrogen-bond acceptors (Lipinski definition) is 3. The van der Waals surface area contributed by atoms with Crippen LogP contribution in [0.3, 0.4) is 0 Å². The number of pyridine rings is 1. The maximum Gasteiger partial charge on any atom is 0.326 e. The van der Waals surface area contributed by atoms with E-state index in [1.165, 1.54) is 0 Å². The van der Waals surface area contributed by atoms with Crippen LogP contribution in [0.4, 0.5) is 0 Å². The first-order valence-corrected chi connectivity index (χ1v) is 6.14. The van der Waals surface area contributed by atoms with Crippen LogP contribution < -0.4 is 0 Å². The predicted molar refractivity (Wildman–Crippen MR) is 68.6 cm³/mol. The van der Waals surface area contributed by atoms with Crippen LogP contribution in [0.25, 0.3) is 11.2 Å². The average molecular weight is 247 g/mol. The Kier molecular flexibility index (Phi) is 3.32. The van der Waals surface area contributed by atoms with Crippen LogP contribution in [-0.2, 0) is 11.2 Å². The molecule has 0 saturated carbocycles. The number of aryl methyl sites for hydroxylation is 2. The summed E-state index contributed by atoms with van der Waals surface area (Å²) in [5.74, 6) is -0.0637. The number of nitrogens with zero attached hydrogens (tertiary/aromatic N) is 3. The van der Waals surface area contributed by atoms with Gasteiger partial charge in [-0.05, 0) is 25.0 Å². The van der Waals surface area contributed by atoms with Crippen LogP contribution in [-0.4, -0.2) is 25.6 Å². The zero-order valence-electron chi connectivity index (χ0n) is 10.8. The summed E-state index contributed by atoms with van der Waals surface area (Å²) < 4.78 is 1.75. The van der Waals surface area contributed by atoms with Crippen LogP contribution in [0, 0.1) is 6.92 Å². The van der Waals surface area contributed by atoms with E-state index in [4.69, 9.17) is 0 Å². The largest absolute Gasteiger partial charge is 0.480 e. The fraction of sp³-hybridized carbons (Fsp3) is 0.462. The summed E-state index contributed by atoms with van der Waals surface area (Å²) in [6, 6.07) is 1.34. The zero-order valence-corrected chi connectivity index (χ0v) is 10.8. The van der Waals surface area contributed by atoms with E-state index in [2.05, 4.69) is 9.97 Å². The lowest BCUT2D eigenvalue weighted by molar-refractivity contribution is -0.140. The number of hydrogen-bond donors (Lipinski definition) is 1. The molecule has 0 aliphatic carbocycles. The Hall–Kier alpha value is -1.91. The minimum atomic E-state index is -0.839. The van der Waals surface area contributed by atoms with E-state index in [9.17, 15) is 9.90 Å². The summed E-state index contributed by atoms with van der Waals surface area (Å²) in [5, 5.41) is 9.30. The standard InChI is InChI=1S/C13H17N3O2/c1-4-10(13(17)18)16-11(5-2)15-9-6-8(3)7-14-12(9)16/h6-7,10H,4-5H2,1-3H3,(H,17,18). The van der Waals surface area contributed by atoms with Gasteiger partial charge in [-0.15, -0.1) is 0 Å². The Bertz CT molecular complexity index is 589. The molecule has 0 aromatic carbocycles. The number of fused-ring (bicyclic) bond motifs is 1. The number of aromatic nitrogens is 3. The molecule has 2 aromatic heterocycles. The summed E-state index contributed by atoms with van der Waals surface area (Å²) in [6.07, 6.45) is 2.96. The van der Waals surface area contributed by atoms with Crippen molar-refractivity contribution in [2.24, 2.45) is 0 Å². The smallest absolute Gasteiger partial charge is 0.326 e. The van der Waals surface area contributed by atoms with E-state index >= 15 is 0 Å². The van der Waals surface area contributed by atoms with Crippen LogP contribution in [0.1, 0.15) is 37.7 Å². The molecule has 0 aliphatic heterocycles. The molecule has 96 valence electrons. The van der Waals surface area contributed by atoms with Gasteiger partial charge in [-0.25, -0.2) is 14.8 Å². The maximum atomic E-state index is 11.3. The van der Waals surface area contributed by atoms with Crippen molar-refractivity contribution in [3.63, 3.8) is 0 Å². The van der Waals surface area contributed by atoms with Gasteiger partial charge >= 0.3 is 5.97 Å². The molecule has 2 heterocycles. The molecule has 0 aliphatic rings.